The second-order valence-corrected chi connectivity index (χ2v) is 6.93. The Bertz CT molecular complexity index is 711. The molecule has 1 saturated carbocycles. The summed E-state index contributed by atoms with van der Waals surface area (Å²) < 4.78 is 0. The zero-order valence-electron chi connectivity index (χ0n) is 13.0. The number of piperazine rings is 1. The van der Waals surface area contributed by atoms with Gasteiger partial charge in [0.15, 0.2) is 0 Å². The Balaban J connectivity index is 1.42. The normalized spacial score (nSPS) is 29.5. The molecule has 1 heterocycles. The van der Waals surface area contributed by atoms with Gasteiger partial charge in [-0.1, -0.05) is 12.2 Å². The first kappa shape index (κ1) is 14.5. The Labute approximate surface area is 134 Å². The lowest BCUT2D eigenvalue weighted by atomic mass is 9.93. The molecule has 2 bridgehead atoms. The van der Waals surface area contributed by atoms with Gasteiger partial charge in [-0.05, 0) is 30.6 Å². The molecule has 3 unspecified atom stereocenters. The van der Waals surface area contributed by atoms with Gasteiger partial charge in [0, 0.05) is 32.7 Å². The van der Waals surface area contributed by atoms with E-state index in [9.17, 15) is 14.4 Å². The van der Waals surface area contributed by atoms with E-state index in [1.54, 1.807) is 4.90 Å². The molecule has 0 spiro atoms. The third-order valence-corrected chi connectivity index (χ3v) is 5.62. The fourth-order valence-corrected chi connectivity index (χ4v) is 4.26. The standard InChI is InChI=1S/C17H21N3O3/c21-10-19-3-5-20(6-4-19)15-14(16(22)17(15)23)18-9-13-8-11-1-2-12(13)7-11/h1-2,10-13,18H,3-9H2. The molecule has 1 aliphatic heterocycles. The lowest BCUT2D eigenvalue weighted by molar-refractivity contribution is -0.118. The second kappa shape index (κ2) is 5.51. The van der Waals surface area contributed by atoms with E-state index >= 15 is 0 Å². The van der Waals surface area contributed by atoms with Crippen LogP contribution >= 0.6 is 0 Å². The maximum absolute atomic E-state index is 12.0. The Kier molecular flexibility index (Phi) is 3.47. The Morgan fingerprint density at radius 3 is 2.48 bits per heavy atom. The van der Waals surface area contributed by atoms with Gasteiger partial charge in [0.2, 0.25) is 6.41 Å². The van der Waals surface area contributed by atoms with Crippen molar-refractivity contribution in [2.45, 2.75) is 12.8 Å². The first-order valence-corrected chi connectivity index (χ1v) is 8.37. The summed E-state index contributed by atoms with van der Waals surface area (Å²) in [5.74, 6) is 1.89. The molecular weight excluding hydrogens is 294 g/mol. The fourth-order valence-electron chi connectivity index (χ4n) is 4.26. The number of carbonyl (C=O) groups excluding carboxylic acids is 1. The minimum atomic E-state index is -0.392. The van der Waals surface area contributed by atoms with E-state index in [0.29, 0.717) is 55.3 Å². The Hall–Kier alpha value is -2.11. The van der Waals surface area contributed by atoms with Crippen molar-refractivity contribution in [1.29, 1.82) is 0 Å². The lowest BCUT2D eigenvalue weighted by Gasteiger charge is -2.35. The summed E-state index contributed by atoms with van der Waals surface area (Å²) in [6.07, 6.45) is 7.84. The van der Waals surface area contributed by atoms with Crippen molar-refractivity contribution in [2.24, 2.45) is 17.8 Å². The highest BCUT2D eigenvalue weighted by Crippen LogP contribution is 2.43. The number of anilines is 2. The average molecular weight is 315 g/mol. The summed E-state index contributed by atoms with van der Waals surface area (Å²) in [5.41, 5.74) is 0.233. The fraction of sp³-hybridized carbons (Fsp3) is 0.588. The van der Waals surface area contributed by atoms with Crippen LogP contribution in [-0.4, -0.2) is 44.0 Å². The summed E-state index contributed by atoms with van der Waals surface area (Å²) in [7, 11) is 0. The van der Waals surface area contributed by atoms with Crippen LogP contribution in [0.15, 0.2) is 21.7 Å². The van der Waals surface area contributed by atoms with Gasteiger partial charge in [-0.25, -0.2) is 0 Å². The monoisotopic (exact) mass is 315 g/mol. The van der Waals surface area contributed by atoms with Gasteiger partial charge >= 0.3 is 0 Å². The quantitative estimate of drug-likeness (QED) is 0.477. The molecule has 3 aliphatic rings. The van der Waals surface area contributed by atoms with Crippen LogP contribution in [0.1, 0.15) is 12.8 Å². The molecule has 4 rings (SSSR count). The van der Waals surface area contributed by atoms with Crippen LogP contribution in [0.2, 0.25) is 0 Å². The number of nitrogens with zero attached hydrogens (tertiary/aromatic N) is 2. The number of rotatable bonds is 5. The minimum Gasteiger partial charge on any atom is -0.380 e. The largest absolute Gasteiger partial charge is 0.380 e. The van der Waals surface area contributed by atoms with Crippen LogP contribution in [0.3, 0.4) is 0 Å². The SMILES string of the molecule is O=CN1CCN(c2c(NCC3CC4C=CC3C4)c(=O)c2=O)CC1. The zero-order chi connectivity index (χ0) is 16.0. The molecule has 0 aromatic heterocycles. The van der Waals surface area contributed by atoms with E-state index < -0.39 is 5.43 Å². The number of amides is 1. The summed E-state index contributed by atoms with van der Waals surface area (Å²) in [6.45, 7) is 3.17. The van der Waals surface area contributed by atoms with Gasteiger partial charge in [-0.3, -0.25) is 14.4 Å². The molecule has 2 fully saturated rings. The molecule has 1 N–H and O–H groups in total. The van der Waals surface area contributed by atoms with E-state index in [1.807, 2.05) is 4.90 Å². The summed E-state index contributed by atoms with van der Waals surface area (Å²) in [6, 6.07) is 0. The number of nitrogens with one attached hydrogen (secondary N) is 1. The molecule has 1 aromatic rings. The van der Waals surface area contributed by atoms with Gasteiger partial charge < -0.3 is 15.1 Å². The smallest absolute Gasteiger partial charge is 0.253 e. The second-order valence-electron chi connectivity index (χ2n) is 6.93. The molecule has 1 saturated heterocycles. The molecular formula is C17H21N3O3. The number of hydrogen-bond donors (Lipinski definition) is 1. The minimum absolute atomic E-state index is 0.389. The average Bonchev–Trinajstić information content (AvgIpc) is 3.21. The Morgan fingerprint density at radius 2 is 1.87 bits per heavy atom. The van der Waals surface area contributed by atoms with E-state index in [0.717, 1.165) is 13.0 Å². The van der Waals surface area contributed by atoms with E-state index in [-0.39, 0.29) is 5.43 Å². The van der Waals surface area contributed by atoms with E-state index in [1.165, 1.54) is 12.8 Å². The topological polar surface area (TPSA) is 69.7 Å². The number of allylic oxidation sites excluding steroid dienone is 2. The van der Waals surface area contributed by atoms with Crippen molar-refractivity contribution in [3.05, 3.63) is 32.6 Å². The lowest BCUT2D eigenvalue weighted by Crippen LogP contribution is -2.51. The third kappa shape index (κ3) is 2.36. The van der Waals surface area contributed by atoms with Gasteiger partial charge in [0.1, 0.15) is 11.4 Å². The van der Waals surface area contributed by atoms with E-state index in [2.05, 4.69) is 17.5 Å². The van der Waals surface area contributed by atoms with Crippen LogP contribution < -0.4 is 21.1 Å². The molecule has 122 valence electrons. The maximum Gasteiger partial charge on any atom is 0.253 e. The zero-order valence-corrected chi connectivity index (χ0v) is 13.0. The predicted octanol–water partition coefficient (Wildman–Crippen LogP) is 0.185. The highest BCUT2D eigenvalue weighted by atomic mass is 16.2. The molecule has 6 nitrogen and oxygen atoms in total. The van der Waals surface area contributed by atoms with Gasteiger partial charge in [-0.15, -0.1) is 0 Å². The molecule has 6 heteroatoms. The summed E-state index contributed by atoms with van der Waals surface area (Å²) in [5, 5.41) is 3.25. The number of hydrogen-bond acceptors (Lipinski definition) is 5. The number of fused-ring (bicyclic) bond motifs is 2. The van der Waals surface area contributed by atoms with Crippen LogP contribution in [-0.2, 0) is 4.79 Å². The van der Waals surface area contributed by atoms with Crippen LogP contribution in [0, 0.1) is 17.8 Å². The molecule has 1 amide bonds. The maximum atomic E-state index is 12.0. The van der Waals surface area contributed by atoms with Gasteiger partial charge in [0.05, 0.1) is 0 Å². The van der Waals surface area contributed by atoms with Crippen molar-refractivity contribution in [3.63, 3.8) is 0 Å². The van der Waals surface area contributed by atoms with Crippen LogP contribution in [0.25, 0.3) is 0 Å². The van der Waals surface area contributed by atoms with Crippen LogP contribution in [0.5, 0.6) is 0 Å². The third-order valence-electron chi connectivity index (χ3n) is 5.62. The summed E-state index contributed by atoms with van der Waals surface area (Å²) >= 11 is 0. The molecule has 3 atom stereocenters. The van der Waals surface area contributed by atoms with Gasteiger partial charge in [-0.2, -0.15) is 0 Å². The highest BCUT2D eigenvalue weighted by Gasteiger charge is 2.36. The highest BCUT2D eigenvalue weighted by molar-refractivity contribution is 5.75. The molecule has 23 heavy (non-hydrogen) atoms. The first-order chi connectivity index (χ1) is 11.2. The van der Waals surface area contributed by atoms with Crippen LogP contribution in [0.4, 0.5) is 11.4 Å². The summed E-state index contributed by atoms with van der Waals surface area (Å²) in [4.78, 5) is 38.3. The molecule has 1 aromatic carbocycles. The first-order valence-electron chi connectivity index (χ1n) is 8.37. The van der Waals surface area contributed by atoms with Crippen molar-refractivity contribution < 1.29 is 4.79 Å². The van der Waals surface area contributed by atoms with Crippen molar-refractivity contribution in [3.8, 4) is 0 Å². The van der Waals surface area contributed by atoms with E-state index in [4.69, 9.17) is 0 Å². The Morgan fingerprint density at radius 1 is 1.09 bits per heavy atom. The molecule has 0 radical (unpaired) electrons. The number of carbonyl (C=O) groups is 1. The van der Waals surface area contributed by atoms with Gasteiger partial charge in [0.25, 0.3) is 10.9 Å². The predicted molar refractivity (Wildman–Crippen MR) is 88.5 cm³/mol. The van der Waals surface area contributed by atoms with Crippen molar-refractivity contribution in [1.82, 2.24) is 4.90 Å². The molecule has 2 aliphatic carbocycles. The van der Waals surface area contributed by atoms with Crippen molar-refractivity contribution in [2.75, 3.05) is 42.9 Å². The van der Waals surface area contributed by atoms with Crippen molar-refractivity contribution >= 4 is 17.8 Å².